The number of hydrogen-bond acceptors (Lipinski definition) is 9. The van der Waals surface area contributed by atoms with E-state index < -0.39 is 45.6 Å². The maximum atomic E-state index is 10.8. The zero-order valence-corrected chi connectivity index (χ0v) is 10.2. The molecular weight excluding hydrogens is 278 g/mol. The number of rotatable bonds is 6. The van der Waals surface area contributed by atoms with Gasteiger partial charge in [-0.2, -0.15) is 0 Å². The van der Waals surface area contributed by atoms with Crippen molar-refractivity contribution in [3.63, 3.8) is 0 Å². The third kappa shape index (κ3) is 3.57. The Morgan fingerprint density at radius 1 is 1.40 bits per heavy atom. The maximum Gasteiger partial charge on any atom is 0.337 e. The molecule has 0 saturated carbocycles. The van der Waals surface area contributed by atoms with Gasteiger partial charge in [0.2, 0.25) is 0 Å². The van der Waals surface area contributed by atoms with Crippen LogP contribution < -0.4 is 4.74 Å². The SMILES string of the molecule is CC(O)(COc1ncc([N+](=O)[O-])cc1[N+](=O)[O-])C(O)O. The second-order valence-electron chi connectivity index (χ2n) is 4.05. The standard InChI is InChI=1S/C9H11N3O8/c1-9(15,8(13)14)4-20-7-6(12(18)19)2-5(3-10-7)11(16)17/h2-3,8,13-15H,4H2,1H3. The van der Waals surface area contributed by atoms with Gasteiger partial charge in [-0.15, -0.1) is 0 Å². The Hall–Kier alpha value is -2.37. The summed E-state index contributed by atoms with van der Waals surface area (Å²) in [6, 6.07) is 0.645. The first kappa shape index (κ1) is 15.7. The molecule has 110 valence electrons. The molecule has 0 aliphatic heterocycles. The van der Waals surface area contributed by atoms with Crippen LogP contribution in [0, 0.1) is 20.2 Å². The van der Waals surface area contributed by atoms with Crippen molar-refractivity contribution >= 4 is 11.4 Å². The van der Waals surface area contributed by atoms with Crippen LogP contribution in [0.15, 0.2) is 12.3 Å². The largest absolute Gasteiger partial charge is 0.470 e. The number of ether oxygens (including phenoxy) is 1. The van der Waals surface area contributed by atoms with E-state index in [4.69, 9.17) is 14.9 Å². The first-order chi connectivity index (χ1) is 9.15. The molecule has 20 heavy (non-hydrogen) atoms. The van der Waals surface area contributed by atoms with E-state index in [-0.39, 0.29) is 0 Å². The van der Waals surface area contributed by atoms with Crippen LogP contribution in [0.25, 0.3) is 0 Å². The number of nitro groups is 2. The number of nitrogens with zero attached hydrogens (tertiary/aromatic N) is 3. The molecule has 1 rings (SSSR count). The summed E-state index contributed by atoms with van der Waals surface area (Å²) in [4.78, 5) is 22.8. The average molecular weight is 289 g/mol. The average Bonchev–Trinajstić information content (AvgIpc) is 2.35. The monoisotopic (exact) mass is 289 g/mol. The third-order valence-corrected chi connectivity index (χ3v) is 2.28. The Labute approximate surface area is 111 Å². The Bertz CT molecular complexity index is 530. The molecule has 1 aromatic heterocycles. The fourth-order valence-electron chi connectivity index (χ4n) is 1.06. The number of aromatic nitrogens is 1. The first-order valence-electron chi connectivity index (χ1n) is 5.15. The lowest BCUT2D eigenvalue weighted by molar-refractivity contribution is -0.395. The topological polar surface area (TPSA) is 169 Å². The minimum absolute atomic E-state index is 0.582. The summed E-state index contributed by atoms with van der Waals surface area (Å²) >= 11 is 0. The lowest BCUT2D eigenvalue weighted by atomic mass is 10.1. The molecule has 1 atom stereocenters. The summed E-state index contributed by atoms with van der Waals surface area (Å²) in [6.07, 6.45) is -1.40. The van der Waals surface area contributed by atoms with Crippen molar-refractivity contribution in [2.24, 2.45) is 0 Å². The quantitative estimate of drug-likeness (QED) is 0.349. The van der Waals surface area contributed by atoms with Gasteiger partial charge in [-0.3, -0.25) is 20.2 Å². The van der Waals surface area contributed by atoms with E-state index >= 15 is 0 Å². The summed E-state index contributed by atoms with van der Waals surface area (Å²) in [6.45, 7) is 0.311. The number of pyridine rings is 1. The first-order valence-corrected chi connectivity index (χ1v) is 5.15. The van der Waals surface area contributed by atoms with Crippen molar-refractivity contribution in [1.82, 2.24) is 4.98 Å². The summed E-state index contributed by atoms with van der Waals surface area (Å²) in [5.41, 5.74) is -3.46. The summed E-state index contributed by atoms with van der Waals surface area (Å²) in [7, 11) is 0. The van der Waals surface area contributed by atoms with Crippen LogP contribution >= 0.6 is 0 Å². The Balaban J connectivity index is 3.01. The number of aliphatic hydroxyl groups excluding tert-OH is 1. The molecule has 0 aromatic carbocycles. The molecule has 11 nitrogen and oxygen atoms in total. The maximum absolute atomic E-state index is 10.8. The van der Waals surface area contributed by atoms with E-state index in [1.807, 2.05) is 0 Å². The van der Waals surface area contributed by atoms with Crippen LogP contribution in [-0.2, 0) is 0 Å². The van der Waals surface area contributed by atoms with Gasteiger partial charge in [0.05, 0.1) is 9.85 Å². The third-order valence-electron chi connectivity index (χ3n) is 2.28. The van der Waals surface area contributed by atoms with Crippen LogP contribution in [0.4, 0.5) is 11.4 Å². The van der Waals surface area contributed by atoms with E-state index in [0.29, 0.717) is 6.07 Å². The number of aliphatic hydroxyl groups is 3. The van der Waals surface area contributed by atoms with Crippen LogP contribution in [-0.4, -0.2) is 48.6 Å². The van der Waals surface area contributed by atoms with Crippen molar-refractivity contribution in [2.45, 2.75) is 18.8 Å². The van der Waals surface area contributed by atoms with Gasteiger partial charge >= 0.3 is 5.69 Å². The molecule has 11 heteroatoms. The Kier molecular flexibility index (Phi) is 4.49. The molecule has 0 radical (unpaired) electrons. The zero-order valence-electron chi connectivity index (χ0n) is 10.2. The van der Waals surface area contributed by atoms with Crippen molar-refractivity contribution in [3.8, 4) is 5.88 Å². The van der Waals surface area contributed by atoms with E-state index in [9.17, 15) is 25.3 Å². The second kappa shape index (κ2) is 5.73. The van der Waals surface area contributed by atoms with Crippen LogP contribution in [0.5, 0.6) is 5.88 Å². The predicted molar refractivity (Wildman–Crippen MR) is 61.9 cm³/mol. The molecule has 3 N–H and O–H groups in total. The normalized spacial score (nSPS) is 13.8. The molecule has 1 unspecified atom stereocenters. The molecule has 0 aliphatic carbocycles. The second-order valence-corrected chi connectivity index (χ2v) is 4.05. The molecule has 0 aliphatic rings. The number of hydrogen-bond donors (Lipinski definition) is 3. The Morgan fingerprint density at radius 3 is 2.45 bits per heavy atom. The lowest BCUT2D eigenvalue weighted by Gasteiger charge is -2.24. The molecule has 0 amide bonds. The van der Waals surface area contributed by atoms with Gasteiger partial charge in [0.15, 0.2) is 6.29 Å². The lowest BCUT2D eigenvalue weighted by Crippen LogP contribution is -2.44. The Morgan fingerprint density at radius 2 is 2.00 bits per heavy atom. The van der Waals surface area contributed by atoms with Gasteiger partial charge in [-0.1, -0.05) is 0 Å². The highest BCUT2D eigenvalue weighted by Crippen LogP contribution is 2.28. The molecule has 1 heterocycles. The van der Waals surface area contributed by atoms with E-state index in [2.05, 4.69) is 4.98 Å². The van der Waals surface area contributed by atoms with Gasteiger partial charge < -0.3 is 20.1 Å². The molecular formula is C9H11N3O8. The van der Waals surface area contributed by atoms with Crippen LogP contribution in [0.3, 0.4) is 0 Å². The van der Waals surface area contributed by atoms with Crippen molar-refractivity contribution in [3.05, 3.63) is 32.5 Å². The predicted octanol–water partition coefficient (Wildman–Crippen LogP) is -0.662. The fourth-order valence-corrected chi connectivity index (χ4v) is 1.06. The minimum atomic E-state index is -2.14. The highest BCUT2D eigenvalue weighted by atomic mass is 16.6. The molecule has 0 saturated heterocycles. The fraction of sp³-hybridized carbons (Fsp3) is 0.444. The molecule has 0 spiro atoms. The van der Waals surface area contributed by atoms with Gasteiger partial charge in [0.25, 0.3) is 11.6 Å². The van der Waals surface area contributed by atoms with Gasteiger partial charge in [-0.05, 0) is 6.92 Å². The van der Waals surface area contributed by atoms with E-state index in [0.717, 1.165) is 13.1 Å². The van der Waals surface area contributed by atoms with Crippen LogP contribution in [0.1, 0.15) is 6.92 Å². The van der Waals surface area contributed by atoms with Gasteiger partial charge in [0, 0.05) is 0 Å². The highest BCUT2D eigenvalue weighted by molar-refractivity contribution is 5.48. The molecule has 0 fully saturated rings. The van der Waals surface area contributed by atoms with Crippen molar-refractivity contribution in [1.29, 1.82) is 0 Å². The molecule has 0 bridgehead atoms. The van der Waals surface area contributed by atoms with Gasteiger partial charge in [-0.25, -0.2) is 4.98 Å². The highest BCUT2D eigenvalue weighted by Gasteiger charge is 2.32. The summed E-state index contributed by atoms with van der Waals surface area (Å²) in [5, 5.41) is 48.4. The minimum Gasteiger partial charge on any atom is -0.470 e. The van der Waals surface area contributed by atoms with Crippen LogP contribution in [0.2, 0.25) is 0 Å². The van der Waals surface area contributed by atoms with Crippen molar-refractivity contribution in [2.75, 3.05) is 6.61 Å². The summed E-state index contributed by atoms with van der Waals surface area (Å²) in [5.74, 6) is -0.582. The summed E-state index contributed by atoms with van der Waals surface area (Å²) < 4.78 is 4.81. The van der Waals surface area contributed by atoms with E-state index in [1.54, 1.807) is 0 Å². The smallest absolute Gasteiger partial charge is 0.337 e. The molecule has 1 aromatic rings. The zero-order chi connectivity index (χ0) is 15.5. The van der Waals surface area contributed by atoms with Crippen molar-refractivity contribution < 1.29 is 29.9 Å². The van der Waals surface area contributed by atoms with E-state index in [1.165, 1.54) is 0 Å². The van der Waals surface area contributed by atoms with Gasteiger partial charge in [0.1, 0.15) is 24.5 Å².